The number of rotatable bonds is 18. The van der Waals surface area contributed by atoms with Gasteiger partial charge in [0.25, 0.3) is 11.1 Å². The Morgan fingerprint density at radius 3 is 1.31 bits per heavy atom. The minimum absolute atomic E-state index is 0.0101. The summed E-state index contributed by atoms with van der Waals surface area (Å²) in [6, 6.07) is 24.2. The maximum atomic E-state index is 14.4. The van der Waals surface area contributed by atoms with E-state index < -0.39 is 10.8 Å². The van der Waals surface area contributed by atoms with E-state index in [2.05, 4.69) is 64.7 Å². The highest BCUT2D eigenvalue weighted by molar-refractivity contribution is 5.98. The Morgan fingerprint density at radius 1 is 0.545 bits per heavy atom. The van der Waals surface area contributed by atoms with Crippen molar-refractivity contribution < 1.29 is 28.0 Å². The third-order valence-corrected chi connectivity index (χ3v) is 19.0. The number of benzene rings is 3. The second kappa shape index (κ2) is 26.6. The minimum Gasteiger partial charge on any atom is -0.352 e. The van der Waals surface area contributed by atoms with E-state index in [0.717, 1.165) is 110 Å². The zero-order chi connectivity index (χ0) is 62.0. The average Bonchev–Trinajstić information content (AvgIpc) is 1.74. The lowest BCUT2D eigenvalue weighted by molar-refractivity contribution is -0.122. The van der Waals surface area contributed by atoms with Gasteiger partial charge in [0.2, 0.25) is 23.6 Å². The number of anilines is 2. The average molecular weight is 1210 g/mol. The number of fused-ring (bicyclic) bond motifs is 2. The minimum atomic E-state index is -0.450. The van der Waals surface area contributed by atoms with Crippen molar-refractivity contribution in [2.75, 3.05) is 101 Å². The summed E-state index contributed by atoms with van der Waals surface area (Å²) >= 11 is 0. The van der Waals surface area contributed by atoms with Crippen molar-refractivity contribution in [1.82, 2.24) is 50.8 Å². The van der Waals surface area contributed by atoms with E-state index in [1.165, 1.54) is 24.3 Å². The first-order valence-electron chi connectivity index (χ1n) is 31.8. The van der Waals surface area contributed by atoms with Crippen molar-refractivity contribution >= 4 is 35.0 Å². The third kappa shape index (κ3) is 15.0. The summed E-state index contributed by atoms with van der Waals surface area (Å²) in [5.74, 6) is -0.803. The molecule has 5 aromatic rings. The molecule has 18 nitrogen and oxygen atoms in total. The van der Waals surface area contributed by atoms with Crippen LogP contribution in [0, 0.1) is 11.6 Å². The van der Waals surface area contributed by atoms with Crippen LogP contribution >= 0.6 is 0 Å². The quantitative estimate of drug-likeness (QED) is 0.0706. The summed E-state index contributed by atoms with van der Waals surface area (Å²) in [6.07, 6.45) is 4.75. The first-order valence-corrected chi connectivity index (χ1v) is 31.8. The lowest BCUT2D eigenvalue weighted by Crippen LogP contribution is -2.62. The van der Waals surface area contributed by atoms with Crippen LogP contribution in [0.15, 0.2) is 94.5 Å². The summed E-state index contributed by atoms with van der Waals surface area (Å²) in [4.78, 5) is 102. The molecule has 3 aromatic carbocycles. The highest BCUT2D eigenvalue weighted by Crippen LogP contribution is 2.41. The van der Waals surface area contributed by atoms with Crippen LogP contribution in [0.5, 0.6) is 0 Å². The number of hydrogen-bond acceptors (Lipinski definition) is 12. The van der Waals surface area contributed by atoms with Crippen LogP contribution in [-0.2, 0) is 55.7 Å². The van der Waals surface area contributed by atoms with Gasteiger partial charge in [-0.05, 0) is 111 Å². The number of carbonyl (C=O) groups is 4. The normalized spacial score (nSPS) is 24.0. The molecule has 0 unspecified atom stereocenters. The van der Waals surface area contributed by atoms with Crippen LogP contribution in [-0.4, -0.2) is 181 Å². The number of piperidine rings is 2. The molecular weight excluding hydrogens is 1120 g/mol. The van der Waals surface area contributed by atoms with Crippen LogP contribution in [0.2, 0.25) is 0 Å². The second-order valence-electron chi connectivity index (χ2n) is 27.4. The van der Waals surface area contributed by atoms with E-state index >= 15 is 0 Å². The van der Waals surface area contributed by atoms with Gasteiger partial charge >= 0.3 is 0 Å². The van der Waals surface area contributed by atoms with E-state index in [1.807, 2.05) is 73.9 Å². The Labute approximate surface area is 515 Å². The summed E-state index contributed by atoms with van der Waals surface area (Å²) < 4.78 is 27.3. The van der Waals surface area contributed by atoms with E-state index in [9.17, 15) is 37.5 Å². The fourth-order valence-corrected chi connectivity index (χ4v) is 14.4. The Morgan fingerprint density at radius 2 is 0.920 bits per heavy atom. The molecule has 88 heavy (non-hydrogen) atoms. The van der Waals surface area contributed by atoms with Crippen molar-refractivity contribution in [3.63, 3.8) is 0 Å². The number of nitrogens with zero attached hydrogens (tertiary/aromatic N) is 6. The molecule has 0 radical (unpaired) electrons. The molecular formula is C68H88F2N12O6. The molecule has 20 heteroatoms. The van der Waals surface area contributed by atoms with Gasteiger partial charge in [-0.15, -0.1) is 0 Å². The Bertz CT molecular complexity index is 3240. The smallest absolute Gasteiger partial charge is 0.251 e. The number of aromatic nitrogens is 2. The number of hydrogen-bond donors (Lipinski definition) is 6. The number of pyridine rings is 2. The Hall–Kier alpha value is -6.94. The number of nitrogens with one attached hydrogen (secondary N) is 6. The van der Waals surface area contributed by atoms with Gasteiger partial charge in [-0.2, -0.15) is 0 Å². The monoisotopic (exact) mass is 1210 g/mol. The van der Waals surface area contributed by atoms with Gasteiger partial charge in [0.15, 0.2) is 0 Å². The summed E-state index contributed by atoms with van der Waals surface area (Å²) in [7, 11) is 0. The Kier molecular flexibility index (Phi) is 19.0. The fourth-order valence-electron chi connectivity index (χ4n) is 14.4. The highest BCUT2D eigenvalue weighted by atomic mass is 19.1. The first kappa shape index (κ1) is 62.7. The number of H-pyrrole nitrogens is 2. The van der Waals surface area contributed by atoms with Crippen molar-refractivity contribution in [3.8, 4) is 0 Å². The number of amides is 4. The van der Waals surface area contributed by atoms with Gasteiger partial charge in [0, 0.05) is 148 Å². The molecule has 2 aromatic heterocycles. The van der Waals surface area contributed by atoms with Gasteiger partial charge in [-0.3, -0.25) is 48.4 Å². The largest absolute Gasteiger partial charge is 0.352 e. The SMILES string of the molecule is C[C@@H]1CN(CC(=O)N2CC(C)(C)c3[nH]c(=O)c(Cc4ccc(F)cc4)cc32)[C@@H](CN2CCC[C@@H](NC(=O)Cc3ccc(CC(=O)N[C@@H]4CCCN(C[C@H]5CN[C@H](C)CN5CC(=O)N5CC(C)(C)c6[nH]c(=O)c(Cc7ccc(F)cc7)cc65)C4)cc3)C2)CN1. The maximum Gasteiger partial charge on any atom is 0.251 e. The fraction of sp³-hybridized carbons (Fsp3) is 0.529. The molecule has 4 saturated heterocycles. The number of carbonyl (C=O) groups excluding carboxylic acids is 4. The molecule has 0 spiro atoms. The van der Waals surface area contributed by atoms with Gasteiger partial charge in [0.1, 0.15) is 11.6 Å². The maximum absolute atomic E-state index is 14.4. The van der Waals surface area contributed by atoms with Crippen molar-refractivity contribution in [2.45, 2.75) is 140 Å². The van der Waals surface area contributed by atoms with E-state index in [-0.39, 0.29) is 109 Å². The molecule has 0 aliphatic carbocycles. The van der Waals surface area contributed by atoms with Crippen LogP contribution in [0.3, 0.4) is 0 Å². The lowest BCUT2D eigenvalue weighted by Gasteiger charge is -2.43. The van der Waals surface area contributed by atoms with Gasteiger partial charge < -0.3 is 41.0 Å². The molecule has 6 aliphatic heterocycles. The summed E-state index contributed by atoms with van der Waals surface area (Å²) in [5, 5.41) is 13.9. The third-order valence-electron chi connectivity index (χ3n) is 19.0. The molecule has 0 bridgehead atoms. The number of piperazine rings is 2. The standard InChI is InChI=1S/C68H88F2N12O6/c1-43-33-79(39-61(85)81-41-67(3,4)63-57(81)29-49(65(87)75-63)25-45-15-19-51(69)20-16-45)55(31-71-43)37-77-23-7-9-53(35-77)73-59(83)27-47-11-13-48(14-12-47)28-60(84)74-54-10-8-24-78(36-54)38-56-32-72-44(2)34-80(56)40-62(86)82-42-68(5,6)64-58(82)30-50(66(88)76-64)26-46-17-21-52(70)22-18-46/h11-22,29-30,43-44,53-56,71-72H,7-10,23-28,31-42H2,1-6H3,(H,73,83)(H,74,84)(H,75,87)(H,76,88)/t43-,44-,53-,54-,55-,56-/m1/s1. The van der Waals surface area contributed by atoms with Crippen LogP contribution in [0.4, 0.5) is 20.2 Å². The zero-order valence-electron chi connectivity index (χ0n) is 52.0. The second-order valence-corrected chi connectivity index (χ2v) is 27.4. The summed E-state index contributed by atoms with van der Waals surface area (Å²) in [5.41, 5.74) is 6.05. The lowest BCUT2D eigenvalue weighted by atomic mass is 9.91. The molecule has 470 valence electrons. The van der Waals surface area contributed by atoms with Crippen molar-refractivity contribution in [2.24, 2.45) is 0 Å². The van der Waals surface area contributed by atoms with Crippen LogP contribution in [0.1, 0.15) is 112 Å². The van der Waals surface area contributed by atoms with Crippen LogP contribution < -0.4 is 42.2 Å². The Balaban J connectivity index is 0.630. The van der Waals surface area contributed by atoms with Gasteiger partial charge in [0.05, 0.1) is 37.3 Å². The predicted octanol–water partition coefficient (Wildman–Crippen LogP) is 4.74. The first-order chi connectivity index (χ1) is 42.1. The topological polar surface area (TPSA) is 202 Å². The van der Waals surface area contributed by atoms with E-state index in [1.54, 1.807) is 24.3 Å². The number of halogens is 2. The molecule has 8 heterocycles. The van der Waals surface area contributed by atoms with Crippen molar-refractivity contribution in [1.29, 1.82) is 0 Å². The highest BCUT2D eigenvalue weighted by Gasteiger charge is 2.43. The number of likely N-dealkylation sites (tertiary alicyclic amines) is 2. The van der Waals surface area contributed by atoms with Gasteiger partial charge in [-0.1, -0.05) is 76.2 Å². The molecule has 4 fully saturated rings. The molecule has 6 aliphatic rings. The van der Waals surface area contributed by atoms with Crippen molar-refractivity contribution in [3.05, 3.63) is 162 Å². The van der Waals surface area contributed by atoms with Gasteiger partial charge in [-0.25, -0.2) is 8.78 Å². The number of aromatic amines is 2. The molecule has 11 rings (SSSR count). The zero-order valence-corrected chi connectivity index (χ0v) is 52.0. The van der Waals surface area contributed by atoms with E-state index in [0.29, 0.717) is 63.2 Å². The molecule has 6 atom stereocenters. The predicted molar refractivity (Wildman–Crippen MR) is 338 cm³/mol. The van der Waals surface area contributed by atoms with Crippen LogP contribution in [0.25, 0.3) is 0 Å². The molecule has 0 saturated carbocycles. The molecule has 6 N–H and O–H groups in total. The summed E-state index contributed by atoms with van der Waals surface area (Å²) in [6.45, 7) is 21.4. The van der Waals surface area contributed by atoms with E-state index in [4.69, 9.17) is 0 Å². The molecule has 4 amide bonds.